The number of hydrogen-bond donors (Lipinski definition) is 2. The molecule has 0 atom stereocenters. The van der Waals surface area contributed by atoms with Gasteiger partial charge in [0.15, 0.2) is 0 Å². The number of ether oxygens (including phenoxy) is 2. The van der Waals surface area contributed by atoms with Gasteiger partial charge in [0, 0.05) is 37.9 Å². The second-order valence-electron chi connectivity index (χ2n) is 6.90. The number of nitrogens with one attached hydrogen (secondary N) is 1. The minimum atomic E-state index is -0.464. The molecule has 7 heteroatoms. The molecule has 0 bridgehead atoms. The molecule has 3 N–H and O–H groups in total. The van der Waals surface area contributed by atoms with Crippen LogP contribution in [0.3, 0.4) is 0 Å². The van der Waals surface area contributed by atoms with Gasteiger partial charge in [-0.25, -0.2) is 0 Å². The van der Waals surface area contributed by atoms with Crippen molar-refractivity contribution in [1.82, 2.24) is 4.90 Å². The van der Waals surface area contributed by atoms with Crippen molar-refractivity contribution in [1.29, 1.82) is 5.41 Å². The molecule has 1 aromatic carbocycles. The Bertz CT molecular complexity index is 623. The first-order valence-electron chi connectivity index (χ1n) is 9.26. The number of carbonyl (C=O) groups excluding carboxylic acids is 1. The van der Waals surface area contributed by atoms with E-state index in [1.54, 1.807) is 0 Å². The molecule has 1 aromatic rings. The lowest BCUT2D eigenvalue weighted by Gasteiger charge is -2.40. The Morgan fingerprint density at radius 3 is 2.59 bits per heavy atom. The van der Waals surface area contributed by atoms with Crippen molar-refractivity contribution < 1.29 is 14.3 Å². The first kappa shape index (κ1) is 21.2. The van der Waals surface area contributed by atoms with Crippen LogP contribution in [0.15, 0.2) is 24.3 Å². The average molecular weight is 377 g/mol. The van der Waals surface area contributed by atoms with E-state index in [9.17, 15) is 4.79 Å². The molecule has 0 amide bonds. The quantitative estimate of drug-likeness (QED) is 0.448. The SMILES string of the molecule is C.N=C(N)CC(=O)OCc1cccc(N2CCC(N3CCOCC3)CC2)c1. The third-order valence-corrected chi connectivity index (χ3v) is 5.04. The number of piperidine rings is 1. The van der Waals surface area contributed by atoms with Crippen LogP contribution in [0.5, 0.6) is 0 Å². The normalized spacial score (nSPS) is 18.6. The van der Waals surface area contributed by atoms with Crippen LogP contribution in [0.25, 0.3) is 0 Å². The number of benzene rings is 1. The summed E-state index contributed by atoms with van der Waals surface area (Å²) in [6, 6.07) is 8.79. The number of amidine groups is 1. The highest BCUT2D eigenvalue weighted by Gasteiger charge is 2.25. The van der Waals surface area contributed by atoms with Gasteiger partial charge in [-0.1, -0.05) is 19.6 Å². The number of hydrogen-bond acceptors (Lipinski definition) is 6. The van der Waals surface area contributed by atoms with E-state index in [4.69, 9.17) is 20.6 Å². The molecule has 0 unspecified atom stereocenters. The zero-order valence-electron chi connectivity index (χ0n) is 15.2. The molecular formula is C20H32N4O3. The lowest BCUT2D eigenvalue weighted by Crippen LogP contribution is -2.49. The molecule has 7 nitrogen and oxygen atoms in total. The number of rotatable bonds is 6. The smallest absolute Gasteiger partial charge is 0.313 e. The molecule has 3 rings (SSSR count). The summed E-state index contributed by atoms with van der Waals surface area (Å²) in [7, 11) is 0. The van der Waals surface area contributed by atoms with Crippen LogP contribution in [-0.4, -0.2) is 62.1 Å². The van der Waals surface area contributed by atoms with E-state index < -0.39 is 5.97 Å². The maximum absolute atomic E-state index is 11.5. The molecule has 27 heavy (non-hydrogen) atoms. The van der Waals surface area contributed by atoms with E-state index in [0.717, 1.165) is 57.8 Å². The van der Waals surface area contributed by atoms with Crippen LogP contribution < -0.4 is 10.6 Å². The van der Waals surface area contributed by atoms with Gasteiger partial charge in [0.05, 0.1) is 13.2 Å². The Kier molecular flexibility index (Phi) is 8.06. The fraction of sp³-hybridized carbons (Fsp3) is 0.600. The molecule has 0 radical (unpaired) electrons. The Morgan fingerprint density at radius 1 is 1.22 bits per heavy atom. The summed E-state index contributed by atoms with van der Waals surface area (Å²) in [5.74, 6) is -0.638. The highest BCUT2D eigenvalue weighted by atomic mass is 16.5. The van der Waals surface area contributed by atoms with Gasteiger partial charge >= 0.3 is 5.97 Å². The summed E-state index contributed by atoms with van der Waals surface area (Å²) in [6.07, 6.45) is 2.17. The van der Waals surface area contributed by atoms with Crippen molar-refractivity contribution in [3.05, 3.63) is 29.8 Å². The predicted octanol–water partition coefficient (Wildman–Crippen LogP) is 1.99. The third-order valence-electron chi connectivity index (χ3n) is 5.04. The molecule has 2 aliphatic rings. The lowest BCUT2D eigenvalue weighted by molar-refractivity contribution is -0.143. The van der Waals surface area contributed by atoms with E-state index in [0.29, 0.717) is 6.04 Å². The van der Waals surface area contributed by atoms with Gasteiger partial charge in [-0.15, -0.1) is 0 Å². The molecule has 2 fully saturated rings. The number of nitrogens with zero attached hydrogens (tertiary/aromatic N) is 2. The van der Waals surface area contributed by atoms with Crippen molar-refractivity contribution in [3.63, 3.8) is 0 Å². The van der Waals surface area contributed by atoms with Crippen LogP contribution in [0.1, 0.15) is 32.3 Å². The Hall–Kier alpha value is -2.12. The van der Waals surface area contributed by atoms with E-state index in [1.807, 2.05) is 12.1 Å². The second kappa shape index (κ2) is 10.3. The first-order valence-corrected chi connectivity index (χ1v) is 9.26. The third kappa shape index (κ3) is 6.22. The highest BCUT2D eigenvalue weighted by Crippen LogP contribution is 2.24. The first-order chi connectivity index (χ1) is 12.6. The summed E-state index contributed by atoms with van der Waals surface area (Å²) < 4.78 is 10.6. The van der Waals surface area contributed by atoms with Gasteiger partial charge in [-0.3, -0.25) is 15.1 Å². The van der Waals surface area contributed by atoms with Gasteiger partial charge in [-0.05, 0) is 30.5 Å². The molecule has 0 aliphatic carbocycles. The molecule has 2 saturated heterocycles. The van der Waals surface area contributed by atoms with Crippen LogP contribution in [0.4, 0.5) is 5.69 Å². The molecule has 0 aromatic heterocycles. The molecule has 0 spiro atoms. The van der Waals surface area contributed by atoms with Crippen molar-refractivity contribution >= 4 is 17.5 Å². The summed E-state index contributed by atoms with van der Waals surface area (Å²) in [6.45, 7) is 6.09. The van der Waals surface area contributed by atoms with Crippen LogP contribution in [0.2, 0.25) is 0 Å². The molecule has 2 aliphatic heterocycles. The predicted molar refractivity (Wildman–Crippen MR) is 107 cm³/mol. The van der Waals surface area contributed by atoms with Crippen molar-refractivity contribution in [2.24, 2.45) is 5.73 Å². The Labute approximate surface area is 161 Å². The van der Waals surface area contributed by atoms with Gasteiger partial charge in [0.1, 0.15) is 18.9 Å². The van der Waals surface area contributed by atoms with Crippen LogP contribution >= 0.6 is 0 Å². The molecular weight excluding hydrogens is 344 g/mol. The van der Waals surface area contributed by atoms with Gasteiger partial charge < -0.3 is 20.1 Å². The average Bonchev–Trinajstić information content (AvgIpc) is 2.67. The van der Waals surface area contributed by atoms with Crippen molar-refractivity contribution in [2.45, 2.75) is 39.3 Å². The topological polar surface area (TPSA) is 91.9 Å². The summed E-state index contributed by atoms with van der Waals surface area (Å²) in [5, 5.41) is 7.13. The van der Waals surface area contributed by atoms with E-state index >= 15 is 0 Å². The Balaban J connectivity index is 0.00000261. The maximum Gasteiger partial charge on any atom is 0.313 e. The monoisotopic (exact) mass is 376 g/mol. The van der Waals surface area contributed by atoms with Crippen LogP contribution in [-0.2, 0) is 20.9 Å². The summed E-state index contributed by atoms with van der Waals surface area (Å²) in [4.78, 5) is 16.5. The van der Waals surface area contributed by atoms with Crippen molar-refractivity contribution in [3.8, 4) is 0 Å². The molecule has 0 saturated carbocycles. The second-order valence-corrected chi connectivity index (χ2v) is 6.90. The lowest BCUT2D eigenvalue weighted by atomic mass is 10.0. The van der Waals surface area contributed by atoms with Gasteiger partial charge in [-0.2, -0.15) is 0 Å². The van der Waals surface area contributed by atoms with Crippen molar-refractivity contribution in [2.75, 3.05) is 44.3 Å². The number of nitrogens with two attached hydrogens (primary N) is 1. The van der Waals surface area contributed by atoms with E-state index in [-0.39, 0.29) is 26.3 Å². The zero-order valence-corrected chi connectivity index (χ0v) is 15.2. The molecule has 2 heterocycles. The zero-order chi connectivity index (χ0) is 18.4. The summed E-state index contributed by atoms with van der Waals surface area (Å²) in [5.41, 5.74) is 7.34. The number of anilines is 1. The fourth-order valence-corrected chi connectivity index (χ4v) is 3.65. The van der Waals surface area contributed by atoms with Gasteiger partial charge in [0.25, 0.3) is 0 Å². The largest absolute Gasteiger partial charge is 0.460 e. The number of morpholine rings is 1. The molecule has 150 valence electrons. The maximum atomic E-state index is 11.5. The van der Waals surface area contributed by atoms with Crippen LogP contribution in [0, 0.1) is 5.41 Å². The Morgan fingerprint density at radius 2 is 1.93 bits per heavy atom. The summed E-state index contributed by atoms with van der Waals surface area (Å²) >= 11 is 0. The minimum absolute atomic E-state index is 0. The minimum Gasteiger partial charge on any atom is -0.460 e. The van der Waals surface area contributed by atoms with E-state index in [2.05, 4.69) is 21.9 Å². The standard InChI is InChI=1S/C19H28N4O3.CH4/c20-18(21)13-19(24)26-14-15-2-1-3-17(12-15)22-6-4-16(5-7-22)23-8-10-25-11-9-23;/h1-3,12,16H,4-11,13-14H2,(H3,20,21);1H4. The number of carbonyl (C=O) groups is 1. The number of esters is 1. The fourth-order valence-electron chi connectivity index (χ4n) is 3.65. The van der Waals surface area contributed by atoms with E-state index in [1.165, 1.54) is 5.69 Å². The van der Waals surface area contributed by atoms with Gasteiger partial charge in [0.2, 0.25) is 0 Å². The highest BCUT2D eigenvalue weighted by molar-refractivity contribution is 5.94.